The van der Waals surface area contributed by atoms with Crippen LogP contribution in [0.1, 0.15) is 20.8 Å². The molecule has 0 atom stereocenters. The highest BCUT2D eigenvalue weighted by molar-refractivity contribution is 5.88. The van der Waals surface area contributed by atoms with Gasteiger partial charge in [0.1, 0.15) is 0 Å². The van der Waals surface area contributed by atoms with E-state index >= 15 is 0 Å². The van der Waals surface area contributed by atoms with E-state index in [2.05, 4.69) is 29.5 Å². The van der Waals surface area contributed by atoms with Gasteiger partial charge in [-0.3, -0.25) is 9.36 Å². The highest BCUT2D eigenvalue weighted by Crippen LogP contribution is 2.17. The summed E-state index contributed by atoms with van der Waals surface area (Å²) in [5.41, 5.74) is 1.78. The number of amides is 1. The van der Waals surface area contributed by atoms with Gasteiger partial charge in [-0.1, -0.05) is 0 Å². The highest BCUT2D eigenvalue weighted by Gasteiger charge is 2.06. The molecular formula is C14H18N4O. The van der Waals surface area contributed by atoms with E-state index in [0.717, 1.165) is 17.3 Å². The molecule has 2 aromatic rings. The van der Waals surface area contributed by atoms with Gasteiger partial charge in [0.05, 0.1) is 0 Å². The number of nitrogens with one attached hydrogen (secondary N) is 2. The molecule has 0 aliphatic carbocycles. The van der Waals surface area contributed by atoms with Crippen LogP contribution in [0.5, 0.6) is 0 Å². The number of aromatic nitrogens is 2. The first kappa shape index (κ1) is 13.1. The summed E-state index contributed by atoms with van der Waals surface area (Å²) in [5.74, 6) is 0.736. The van der Waals surface area contributed by atoms with Crippen LogP contribution < -0.4 is 10.6 Å². The monoisotopic (exact) mass is 258 g/mol. The fourth-order valence-electron chi connectivity index (χ4n) is 1.79. The lowest BCUT2D eigenvalue weighted by Gasteiger charge is -2.12. The van der Waals surface area contributed by atoms with Gasteiger partial charge in [-0.15, -0.1) is 0 Å². The number of rotatable bonds is 4. The van der Waals surface area contributed by atoms with Crippen molar-refractivity contribution in [1.29, 1.82) is 0 Å². The fraction of sp³-hybridized carbons (Fsp3) is 0.286. The van der Waals surface area contributed by atoms with Crippen LogP contribution in [0.4, 0.5) is 11.6 Å². The molecule has 2 N–H and O–H groups in total. The van der Waals surface area contributed by atoms with Crippen molar-refractivity contribution >= 4 is 17.5 Å². The van der Waals surface area contributed by atoms with E-state index in [0.29, 0.717) is 6.04 Å². The lowest BCUT2D eigenvalue weighted by molar-refractivity contribution is -0.114. The summed E-state index contributed by atoms with van der Waals surface area (Å²) in [6.07, 6.45) is 3.66. The third kappa shape index (κ3) is 3.34. The molecule has 0 unspecified atom stereocenters. The Bertz CT molecular complexity index is 557. The Labute approximate surface area is 112 Å². The standard InChI is InChI=1S/C14H18N4O/c1-10(2)16-14-15-8-9-18(14)13-6-4-12(5-7-13)17-11(3)19/h4-10H,1-3H3,(H,15,16)(H,17,19). The number of carbonyl (C=O) groups is 1. The lowest BCUT2D eigenvalue weighted by atomic mass is 10.2. The maximum Gasteiger partial charge on any atom is 0.221 e. The van der Waals surface area contributed by atoms with Crippen LogP contribution in [-0.2, 0) is 4.79 Å². The van der Waals surface area contributed by atoms with Crippen molar-refractivity contribution in [2.24, 2.45) is 0 Å². The smallest absolute Gasteiger partial charge is 0.221 e. The van der Waals surface area contributed by atoms with Crippen LogP contribution in [0.3, 0.4) is 0 Å². The van der Waals surface area contributed by atoms with E-state index in [-0.39, 0.29) is 5.91 Å². The van der Waals surface area contributed by atoms with Crippen LogP contribution >= 0.6 is 0 Å². The van der Waals surface area contributed by atoms with Crippen LogP contribution in [0.25, 0.3) is 5.69 Å². The van der Waals surface area contributed by atoms with Crippen LogP contribution in [-0.4, -0.2) is 21.5 Å². The van der Waals surface area contributed by atoms with E-state index in [9.17, 15) is 4.79 Å². The van der Waals surface area contributed by atoms with E-state index in [1.54, 1.807) is 6.20 Å². The van der Waals surface area contributed by atoms with Gasteiger partial charge in [-0.2, -0.15) is 0 Å². The van der Waals surface area contributed by atoms with E-state index in [1.807, 2.05) is 35.0 Å². The summed E-state index contributed by atoms with van der Waals surface area (Å²) < 4.78 is 1.97. The SMILES string of the molecule is CC(=O)Nc1ccc(-n2ccnc2NC(C)C)cc1. The molecule has 0 fully saturated rings. The van der Waals surface area contributed by atoms with Crippen molar-refractivity contribution in [1.82, 2.24) is 9.55 Å². The molecular weight excluding hydrogens is 240 g/mol. The normalized spacial score (nSPS) is 10.5. The topological polar surface area (TPSA) is 59.0 Å². The number of benzene rings is 1. The summed E-state index contributed by atoms with van der Waals surface area (Å²) in [6, 6.07) is 7.95. The predicted octanol–water partition coefficient (Wildman–Crippen LogP) is 2.65. The van der Waals surface area contributed by atoms with E-state index < -0.39 is 0 Å². The van der Waals surface area contributed by atoms with Gasteiger partial charge in [0.25, 0.3) is 0 Å². The Morgan fingerprint density at radius 2 is 1.95 bits per heavy atom. The molecule has 0 aliphatic rings. The van der Waals surface area contributed by atoms with Crippen LogP contribution in [0.15, 0.2) is 36.7 Å². The zero-order chi connectivity index (χ0) is 13.8. The fourth-order valence-corrected chi connectivity index (χ4v) is 1.79. The molecule has 0 saturated carbocycles. The number of carbonyl (C=O) groups excluding carboxylic acids is 1. The second-order valence-corrected chi connectivity index (χ2v) is 4.65. The zero-order valence-corrected chi connectivity index (χ0v) is 11.3. The van der Waals surface area contributed by atoms with Gasteiger partial charge < -0.3 is 10.6 Å². The van der Waals surface area contributed by atoms with Crippen molar-refractivity contribution in [2.45, 2.75) is 26.8 Å². The third-order valence-corrected chi connectivity index (χ3v) is 2.52. The quantitative estimate of drug-likeness (QED) is 0.886. The van der Waals surface area contributed by atoms with Gasteiger partial charge in [0, 0.05) is 36.7 Å². The first-order valence-electron chi connectivity index (χ1n) is 6.24. The maximum atomic E-state index is 11.0. The Hall–Kier alpha value is -2.30. The van der Waals surface area contributed by atoms with Crippen molar-refractivity contribution in [3.05, 3.63) is 36.7 Å². The van der Waals surface area contributed by atoms with Gasteiger partial charge in [0.15, 0.2) is 0 Å². The Morgan fingerprint density at radius 1 is 1.26 bits per heavy atom. The van der Waals surface area contributed by atoms with Crippen molar-refractivity contribution in [3.8, 4) is 5.69 Å². The lowest BCUT2D eigenvalue weighted by Crippen LogP contribution is -2.14. The Balaban J connectivity index is 2.22. The molecule has 2 rings (SSSR count). The summed E-state index contributed by atoms with van der Waals surface area (Å²) in [6.45, 7) is 5.63. The average molecular weight is 258 g/mol. The highest BCUT2D eigenvalue weighted by atomic mass is 16.1. The molecule has 5 heteroatoms. The number of imidazole rings is 1. The zero-order valence-electron chi connectivity index (χ0n) is 11.3. The molecule has 1 aromatic heterocycles. The van der Waals surface area contributed by atoms with Crippen LogP contribution in [0, 0.1) is 0 Å². The molecule has 0 radical (unpaired) electrons. The summed E-state index contributed by atoms with van der Waals surface area (Å²) in [4.78, 5) is 15.3. The minimum atomic E-state index is -0.0717. The maximum absolute atomic E-state index is 11.0. The molecule has 0 bridgehead atoms. The molecule has 0 saturated heterocycles. The Kier molecular flexibility index (Phi) is 3.85. The first-order chi connectivity index (χ1) is 9.06. The molecule has 1 heterocycles. The second-order valence-electron chi connectivity index (χ2n) is 4.65. The largest absolute Gasteiger partial charge is 0.353 e. The number of anilines is 2. The molecule has 5 nitrogen and oxygen atoms in total. The molecule has 1 aromatic carbocycles. The van der Waals surface area contributed by atoms with Gasteiger partial charge >= 0.3 is 0 Å². The van der Waals surface area contributed by atoms with E-state index in [1.165, 1.54) is 6.92 Å². The van der Waals surface area contributed by atoms with Crippen LogP contribution in [0.2, 0.25) is 0 Å². The molecule has 1 amide bonds. The van der Waals surface area contributed by atoms with E-state index in [4.69, 9.17) is 0 Å². The summed E-state index contributed by atoms with van der Waals surface area (Å²) in [7, 11) is 0. The summed E-state index contributed by atoms with van der Waals surface area (Å²) >= 11 is 0. The summed E-state index contributed by atoms with van der Waals surface area (Å²) in [5, 5.41) is 6.03. The van der Waals surface area contributed by atoms with Gasteiger partial charge in [-0.25, -0.2) is 4.98 Å². The minimum absolute atomic E-state index is 0.0717. The van der Waals surface area contributed by atoms with Crippen molar-refractivity contribution < 1.29 is 4.79 Å². The second kappa shape index (κ2) is 5.56. The van der Waals surface area contributed by atoms with Crippen molar-refractivity contribution in [2.75, 3.05) is 10.6 Å². The molecule has 100 valence electrons. The predicted molar refractivity (Wildman–Crippen MR) is 76.6 cm³/mol. The molecule has 0 spiro atoms. The number of hydrogen-bond acceptors (Lipinski definition) is 3. The molecule has 19 heavy (non-hydrogen) atoms. The third-order valence-electron chi connectivity index (χ3n) is 2.52. The van der Waals surface area contributed by atoms with Crippen molar-refractivity contribution in [3.63, 3.8) is 0 Å². The molecule has 0 aliphatic heterocycles. The number of nitrogens with zero attached hydrogens (tertiary/aromatic N) is 2. The van der Waals surface area contributed by atoms with Gasteiger partial charge in [0.2, 0.25) is 11.9 Å². The first-order valence-corrected chi connectivity index (χ1v) is 6.24. The average Bonchev–Trinajstić information content (AvgIpc) is 2.76. The minimum Gasteiger partial charge on any atom is -0.353 e. The number of hydrogen-bond donors (Lipinski definition) is 2. The van der Waals surface area contributed by atoms with Gasteiger partial charge in [-0.05, 0) is 38.1 Å². The Morgan fingerprint density at radius 3 is 2.53 bits per heavy atom.